The SMILES string of the molecule is c1ccc(N(c2ccccc2)c2cc3c4c(c2)Sc2cc5c(cc2B4c2ccccc2O3)B2c3ccccc3N(c3ccccc3-c3cccc4c3oc3ccccc34)c3cc(N(c4ccccc4)c4ccccc4)cc(c32)S5)cc1. The maximum absolute atomic E-state index is 7.04. The van der Waals surface area contributed by atoms with Crippen molar-refractivity contribution in [1.82, 2.24) is 0 Å². The molecule has 12 aromatic carbocycles. The van der Waals surface area contributed by atoms with Gasteiger partial charge in [0, 0.05) is 87.4 Å². The second-order valence-corrected chi connectivity index (χ2v) is 23.2. The Morgan fingerprint density at radius 1 is 0.321 bits per heavy atom. The van der Waals surface area contributed by atoms with Crippen molar-refractivity contribution < 1.29 is 9.15 Å². The Balaban J connectivity index is 0.890. The van der Waals surface area contributed by atoms with Crippen molar-refractivity contribution in [1.29, 1.82) is 0 Å². The Kier molecular flexibility index (Phi) is 10.6. The Hall–Kier alpha value is -9.53. The number of hydrogen-bond acceptors (Lipinski definition) is 7. The van der Waals surface area contributed by atoms with E-state index in [1.807, 2.05) is 23.5 Å². The zero-order chi connectivity index (χ0) is 53.1. The first-order chi connectivity index (χ1) is 40.2. The van der Waals surface area contributed by atoms with Crippen LogP contribution in [0.25, 0.3) is 33.1 Å². The molecule has 81 heavy (non-hydrogen) atoms. The third kappa shape index (κ3) is 7.32. The van der Waals surface area contributed by atoms with Gasteiger partial charge < -0.3 is 23.9 Å². The molecule has 5 nitrogen and oxygen atoms in total. The maximum Gasteiger partial charge on any atom is 0.253 e. The molecular weight excluding hydrogens is 1020 g/mol. The molecule has 0 unspecified atom stereocenters. The van der Waals surface area contributed by atoms with Gasteiger partial charge in [0.25, 0.3) is 6.71 Å². The van der Waals surface area contributed by atoms with Gasteiger partial charge in [0.15, 0.2) is 0 Å². The second kappa shape index (κ2) is 18.5. The van der Waals surface area contributed by atoms with Crippen molar-refractivity contribution >= 4 is 143 Å². The van der Waals surface area contributed by atoms with Gasteiger partial charge in [-0.15, -0.1) is 0 Å². The molecule has 0 atom stereocenters. The van der Waals surface area contributed by atoms with Crippen LogP contribution in [0.5, 0.6) is 11.5 Å². The summed E-state index contributed by atoms with van der Waals surface area (Å²) in [6, 6.07) is 99.2. The molecule has 9 heteroatoms. The van der Waals surface area contributed by atoms with Crippen molar-refractivity contribution in [3.05, 3.63) is 273 Å². The van der Waals surface area contributed by atoms with E-state index < -0.39 is 0 Å². The molecular formula is C72H45B2N3O2S2. The molecule has 0 saturated heterocycles. The Morgan fingerprint density at radius 3 is 1.49 bits per heavy atom. The number of hydrogen-bond donors (Lipinski definition) is 0. The van der Waals surface area contributed by atoms with E-state index in [2.05, 4.69) is 288 Å². The molecule has 1 aromatic heterocycles. The van der Waals surface area contributed by atoms with E-state index in [1.54, 1.807) is 0 Å². The zero-order valence-electron chi connectivity index (χ0n) is 43.6. The molecule has 0 fully saturated rings. The van der Waals surface area contributed by atoms with E-state index in [0.29, 0.717) is 0 Å². The summed E-state index contributed by atoms with van der Waals surface area (Å²) in [4.78, 5) is 12.3. The highest BCUT2D eigenvalue weighted by molar-refractivity contribution is 8.01. The molecule has 0 aliphatic carbocycles. The molecule has 0 amide bonds. The highest BCUT2D eigenvalue weighted by Gasteiger charge is 2.46. The molecule has 0 N–H and O–H groups in total. The van der Waals surface area contributed by atoms with Crippen molar-refractivity contribution in [2.24, 2.45) is 0 Å². The van der Waals surface area contributed by atoms with Gasteiger partial charge in [0.1, 0.15) is 22.7 Å². The van der Waals surface area contributed by atoms with Crippen LogP contribution in [-0.2, 0) is 0 Å². The van der Waals surface area contributed by atoms with Gasteiger partial charge in [-0.1, -0.05) is 204 Å². The van der Waals surface area contributed by atoms with Crippen molar-refractivity contribution in [3.63, 3.8) is 0 Å². The topological polar surface area (TPSA) is 32.1 Å². The summed E-state index contributed by atoms with van der Waals surface area (Å²) in [6.45, 7) is -0.112. The smallest absolute Gasteiger partial charge is 0.253 e. The van der Waals surface area contributed by atoms with E-state index in [1.165, 1.54) is 52.4 Å². The molecule has 5 heterocycles. The Morgan fingerprint density at radius 2 is 0.827 bits per heavy atom. The summed E-state index contributed by atoms with van der Waals surface area (Å²) >= 11 is 3.77. The summed E-state index contributed by atoms with van der Waals surface area (Å²) in [6.07, 6.45) is 0. The number of benzene rings is 12. The quantitative estimate of drug-likeness (QED) is 0.140. The summed E-state index contributed by atoms with van der Waals surface area (Å²) in [7, 11) is 0. The lowest BCUT2D eigenvalue weighted by Gasteiger charge is -2.42. The van der Waals surface area contributed by atoms with Crippen LogP contribution < -0.4 is 52.2 Å². The van der Waals surface area contributed by atoms with Crippen molar-refractivity contribution in [2.75, 3.05) is 14.7 Å². The molecule has 4 aliphatic heterocycles. The highest BCUT2D eigenvalue weighted by atomic mass is 32.2. The highest BCUT2D eigenvalue weighted by Crippen LogP contribution is 2.51. The van der Waals surface area contributed by atoms with Gasteiger partial charge in [-0.25, -0.2) is 0 Å². The van der Waals surface area contributed by atoms with E-state index in [9.17, 15) is 0 Å². The van der Waals surface area contributed by atoms with Crippen molar-refractivity contribution in [2.45, 2.75) is 19.6 Å². The molecule has 0 spiro atoms. The van der Waals surface area contributed by atoms with E-state index in [4.69, 9.17) is 9.15 Å². The van der Waals surface area contributed by atoms with Gasteiger partial charge in [-0.3, -0.25) is 0 Å². The molecule has 0 bridgehead atoms. The van der Waals surface area contributed by atoms with Gasteiger partial charge >= 0.3 is 0 Å². The lowest BCUT2D eigenvalue weighted by Crippen LogP contribution is -2.63. The predicted octanol–water partition coefficient (Wildman–Crippen LogP) is 16.0. The molecule has 13 aromatic rings. The lowest BCUT2D eigenvalue weighted by atomic mass is 9.32. The molecule has 378 valence electrons. The van der Waals surface area contributed by atoms with E-state index >= 15 is 0 Å². The first-order valence-electron chi connectivity index (χ1n) is 27.5. The summed E-state index contributed by atoms with van der Waals surface area (Å²) in [5.41, 5.74) is 21.4. The fraction of sp³-hybridized carbons (Fsp3) is 0. The largest absolute Gasteiger partial charge is 0.458 e. The molecule has 17 rings (SSSR count). The zero-order valence-corrected chi connectivity index (χ0v) is 45.2. The number of anilines is 9. The monoisotopic (exact) mass is 1070 g/mol. The first kappa shape index (κ1) is 46.4. The third-order valence-corrected chi connectivity index (χ3v) is 18.8. The minimum Gasteiger partial charge on any atom is -0.458 e. The lowest BCUT2D eigenvalue weighted by molar-refractivity contribution is 0.486. The van der Waals surface area contributed by atoms with Crippen molar-refractivity contribution in [3.8, 4) is 22.6 Å². The van der Waals surface area contributed by atoms with Crippen LogP contribution in [-0.4, -0.2) is 13.4 Å². The van der Waals surface area contributed by atoms with Crippen LogP contribution in [0.15, 0.2) is 297 Å². The number of furan rings is 1. The number of para-hydroxylation sites is 9. The van der Waals surface area contributed by atoms with Crippen LogP contribution in [0.1, 0.15) is 0 Å². The maximum atomic E-state index is 7.04. The second-order valence-electron chi connectivity index (χ2n) is 21.1. The van der Waals surface area contributed by atoms with Gasteiger partial charge in [-0.2, -0.15) is 0 Å². The Bertz CT molecular complexity index is 4600. The first-order valence-corrected chi connectivity index (χ1v) is 29.2. The van der Waals surface area contributed by atoms with E-state index in [-0.39, 0.29) is 13.4 Å². The van der Waals surface area contributed by atoms with E-state index in [0.717, 1.165) is 95.8 Å². The fourth-order valence-electron chi connectivity index (χ4n) is 13.2. The summed E-state index contributed by atoms with van der Waals surface area (Å²) < 4.78 is 13.8. The standard InChI is InChI=1S/C72H45B2N3O2S2/c1-5-22-46(23-6-1)75(47-24-7-2-8-25-47)50-40-62-70-68(42-50)80-66-45-67-59(74-57-35-16-20-39-64(57)78-65-41-51(43-69(81-67)71(65)74)76(48-26-9-3-10-27-48)49-28-11-4-12-29-49)44-58(66)73(70)56-34-15-18-37-61(56)77(62)60-36-17-13-30-52(60)54-32-21-33-55-53-31-14-19-38-63(53)79-72(54)55/h1-45H. The normalized spacial score (nSPS) is 13.1. The average molecular weight is 1070 g/mol. The Labute approximate surface area is 478 Å². The number of fused-ring (bicyclic) bond motifs is 11. The minimum atomic E-state index is -0.0699. The van der Waals surface area contributed by atoms with Crippen LogP contribution >= 0.6 is 23.5 Å². The molecule has 0 saturated carbocycles. The van der Waals surface area contributed by atoms with Crippen LogP contribution in [0.2, 0.25) is 0 Å². The summed E-state index contributed by atoms with van der Waals surface area (Å²) in [5.74, 6) is 1.79. The van der Waals surface area contributed by atoms with Crippen LogP contribution in [0, 0.1) is 0 Å². The van der Waals surface area contributed by atoms with Crippen LogP contribution in [0.3, 0.4) is 0 Å². The van der Waals surface area contributed by atoms with Gasteiger partial charge in [-0.05, 0) is 119 Å². The van der Waals surface area contributed by atoms with Gasteiger partial charge in [0.05, 0.1) is 11.4 Å². The number of nitrogens with zero attached hydrogens (tertiary/aromatic N) is 3. The molecule has 0 radical (unpaired) electrons. The average Bonchev–Trinajstić information content (AvgIpc) is 4.05. The van der Waals surface area contributed by atoms with Gasteiger partial charge in [0.2, 0.25) is 6.71 Å². The minimum absolute atomic E-state index is 0.0424. The van der Waals surface area contributed by atoms with Crippen LogP contribution in [0.4, 0.5) is 51.2 Å². The molecule has 4 aliphatic rings. The summed E-state index contributed by atoms with van der Waals surface area (Å²) in [5, 5.41) is 2.22. The number of rotatable bonds is 8. The third-order valence-electron chi connectivity index (χ3n) is 16.6. The fourth-order valence-corrected chi connectivity index (χ4v) is 15.7. The number of ether oxygens (including phenoxy) is 1. The predicted molar refractivity (Wildman–Crippen MR) is 340 cm³/mol.